The van der Waals surface area contributed by atoms with E-state index in [1.165, 1.54) is 24.4 Å². The maximum Gasteiger partial charge on any atom is 0.316 e. The van der Waals surface area contributed by atoms with Crippen LogP contribution in [0.2, 0.25) is 0 Å². The van der Waals surface area contributed by atoms with Crippen molar-refractivity contribution in [3.63, 3.8) is 0 Å². The highest BCUT2D eigenvalue weighted by Gasteiger charge is 1.96. The molecule has 0 amide bonds. The number of hydrazone groups is 1. The topological polar surface area (TPSA) is 50.7 Å². The number of hydrogen-bond acceptors (Lipinski definition) is 5. The lowest BCUT2D eigenvalue weighted by Gasteiger charge is -1.99. The summed E-state index contributed by atoms with van der Waals surface area (Å²) in [4.78, 5) is 10.8. The van der Waals surface area contributed by atoms with E-state index >= 15 is 0 Å². The first kappa shape index (κ1) is 12.6. The molecule has 5 heteroatoms. The zero-order chi connectivity index (χ0) is 11.8. The van der Waals surface area contributed by atoms with Gasteiger partial charge in [-0.3, -0.25) is 10.2 Å². The van der Waals surface area contributed by atoms with Crippen molar-refractivity contribution in [3.05, 3.63) is 29.8 Å². The third kappa shape index (κ3) is 4.84. The first-order valence-electron chi connectivity index (χ1n) is 4.75. The number of benzene rings is 1. The number of aryl methyl sites for hydroxylation is 1. The van der Waals surface area contributed by atoms with Crippen LogP contribution in [0.1, 0.15) is 5.56 Å². The van der Waals surface area contributed by atoms with E-state index in [0.717, 1.165) is 5.69 Å². The molecule has 16 heavy (non-hydrogen) atoms. The van der Waals surface area contributed by atoms with Gasteiger partial charge in [0.1, 0.15) is 0 Å². The van der Waals surface area contributed by atoms with Crippen LogP contribution in [0.5, 0.6) is 0 Å². The fourth-order valence-electron chi connectivity index (χ4n) is 0.930. The van der Waals surface area contributed by atoms with Gasteiger partial charge in [-0.2, -0.15) is 5.10 Å². The highest BCUT2D eigenvalue weighted by atomic mass is 32.2. The number of nitrogens with zero attached hydrogens (tertiary/aromatic N) is 1. The summed E-state index contributed by atoms with van der Waals surface area (Å²) in [5.74, 6) is 0.0158. The largest absolute Gasteiger partial charge is 0.468 e. The second-order valence-electron chi connectivity index (χ2n) is 3.10. The molecule has 1 N–H and O–H groups in total. The molecule has 0 aromatic heterocycles. The van der Waals surface area contributed by atoms with Crippen LogP contribution in [0.15, 0.2) is 29.4 Å². The van der Waals surface area contributed by atoms with Gasteiger partial charge in [0, 0.05) is 0 Å². The van der Waals surface area contributed by atoms with Gasteiger partial charge >= 0.3 is 5.97 Å². The van der Waals surface area contributed by atoms with E-state index in [1.54, 1.807) is 5.55 Å². The Kier molecular flexibility index (Phi) is 5.42. The molecule has 1 rings (SSSR count). The summed E-state index contributed by atoms with van der Waals surface area (Å²) < 4.78 is 4.49. The highest BCUT2D eigenvalue weighted by molar-refractivity contribution is 8.12. The molecule has 0 atom stereocenters. The van der Waals surface area contributed by atoms with E-state index in [0.29, 0.717) is 0 Å². The molecule has 0 spiro atoms. The summed E-state index contributed by atoms with van der Waals surface area (Å²) in [6.07, 6.45) is 0. The van der Waals surface area contributed by atoms with Crippen molar-refractivity contribution < 1.29 is 9.53 Å². The van der Waals surface area contributed by atoms with E-state index < -0.39 is 0 Å². The van der Waals surface area contributed by atoms with Crippen molar-refractivity contribution in [1.29, 1.82) is 0 Å². The van der Waals surface area contributed by atoms with Crippen molar-refractivity contribution in [2.24, 2.45) is 5.10 Å². The molecule has 0 radical (unpaired) electrons. The van der Waals surface area contributed by atoms with Crippen LogP contribution in [0.25, 0.3) is 0 Å². The number of hydrogen-bond donors (Lipinski definition) is 1. The Balaban J connectivity index is 2.26. The third-order valence-electron chi connectivity index (χ3n) is 1.80. The Labute approximate surface area is 99.1 Å². The maximum atomic E-state index is 10.8. The standard InChI is InChI=1S/C11H14N2O2S/c1-9-3-5-10(6-4-9)13-12-8-16-7-11(14)15-2/h3-6,8,13H,7H2,1-2H3. The van der Waals surface area contributed by atoms with E-state index in [9.17, 15) is 4.79 Å². The normalized spacial score (nSPS) is 10.4. The first-order chi connectivity index (χ1) is 7.72. The lowest BCUT2D eigenvalue weighted by atomic mass is 10.2. The lowest BCUT2D eigenvalue weighted by Crippen LogP contribution is -2.02. The molecule has 0 fully saturated rings. The summed E-state index contributed by atoms with van der Waals surface area (Å²) in [6.45, 7) is 2.03. The molecule has 0 saturated carbocycles. The molecule has 1 aromatic carbocycles. The average molecular weight is 238 g/mol. The van der Waals surface area contributed by atoms with E-state index in [1.807, 2.05) is 31.2 Å². The number of carbonyl (C=O) groups excluding carboxylic acids is 1. The Morgan fingerprint density at radius 1 is 1.50 bits per heavy atom. The number of thioether (sulfide) groups is 1. The van der Waals surface area contributed by atoms with Crippen molar-refractivity contribution in [1.82, 2.24) is 0 Å². The lowest BCUT2D eigenvalue weighted by molar-refractivity contribution is -0.137. The van der Waals surface area contributed by atoms with E-state index in [-0.39, 0.29) is 11.7 Å². The number of carbonyl (C=O) groups is 1. The van der Waals surface area contributed by atoms with Gasteiger partial charge < -0.3 is 4.74 Å². The number of methoxy groups -OCH3 is 1. The van der Waals surface area contributed by atoms with Crippen LogP contribution in [-0.2, 0) is 9.53 Å². The Bertz CT molecular complexity index is 363. The summed E-state index contributed by atoms with van der Waals surface area (Å²) in [6, 6.07) is 7.88. The minimum atomic E-state index is -0.258. The summed E-state index contributed by atoms with van der Waals surface area (Å²) in [7, 11) is 1.37. The molecule has 4 nitrogen and oxygen atoms in total. The third-order valence-corrected chi connectivity index (χ3v) is 2.46. The van der Waals surface area contributed by atoms with Crippen LogP contribution in [0.4, 0.5) is 5.69 Å². The molecule has 0 heterocycles. The number of esters is 1. The molecular weight excluding hydrogens is 224 g/mol. The second-order valence-corrected chi connectivity index (χ2v) is 3.93. The van der Waals surface area contributed by atoms with Gasteiger partial charge in [0.25, 0.3) is 0 Å². The molecule has 0 unspecified atom stereocenters. The zero-order valence-electron chi connectivity index (χ0n) is 9.27. The first-order valence-corrected chi connectivity index (χ1v) is 5.80. The van der Waals surface area contributed by atoms with Crippen LogP contribution in [-0.4, -0.2) is 24.4 Å². The second kappa shape index (κ2) is 6.90. The van der Waals surface area contributed by atoms with Crippen molar-refractivity contribution in [3.8, 4) is 0 Å². The highest BCUT2D eigenvalue weighted by Crippen LogP contribution is 2.08. The Hall–Kier alpha value is -1.49. The van der Waals surface area contributed by atoms with Gasteiger partial charge in [-0.05, 0) is 19.1 Å². The zero-order valence-corrected chi connectivity index (χ0v) is 10.1. The fraction of sp³-hybridized carbons (Fsp3) is 0.273. The molecule has 0 aliphatic rings. The van der Waals surface area contributed by atoms with Crippen LogP contribution in [0, 0.1) is 6.92 Å². The molecular formula is C11H14N2O2S. The SMILES string of the molecule is COC(=O)CSC=NNc1ccc(C)cc1. The van der Waals surface area contributed by atoms with Gasteiger partial charge in [-0.15, -0.1) is 11.8 Å². The summed E-state index contributed by atoms with van der Waals surface area (Å²) >= 11 is 1.28. The van der Waals surface area contributed by atoms with E-state index in [2.05, 4.69) is 15.3 Å². The predicted octanol–water partition coefficient (Wildman–Crippen LogP) is 2.26. The molecule has 0 bridgehead atoms. The minimum Gasteiger partial charge on any atom is -0.468 e. The number of nitrogens with one attached hydrogen (secondary N) is 1. The summed E-state index contributed by atoms with van der Waals surface area (Å²) in [5, 5.41) is 3.96. The van der Waals surface area contributed by atoms with Crippen LogP contribution < -0.4 is 5.43 Å². The minimum absolute atomic E-state index is 0.258. The van der Waals surface area contributed by atoms with Crippen molar-refractivity contribution in [2.75, 3.05) is 18.3 Å². The fourth-order valence-corrected chi connectivity index (χ4v) is 1.39. The van der Waals surface area contributed by atoms with Gasteiger partial charge in [0.05, 0.1) is 24.1 Å². The van der Waals surface area contributed by atoms with Gasteiger partial charge in [-0.25, -0.2) is 0 Å². The maximum absolute atomic E-state index is 10.8. The number of anilines is 1. The van der Waals surface area contributed by atoms with E-state index in [4.69, 9.17) is 0 Å². The predicted molar refractivity (Wildman–Crippen MR) is 67.8 cm³/mol. The molecule has 0 aliphatic heterocycles. The smallest absolute Gasteiger partial charge is 0.316 e. The quantitative estimate of drug-likeness (QED) is 0.370. The van der Waals surface area contributed by atoms with Gasteiger partial charge in [0.15, 0.2) is 0 Å². The monoisotopic (exact) mass is 238 g/mol. The Morgan fingerprint density at radius 3 is 2.81 bits per heavy atom. The van der Waals surface area contributed by atoms with Crippen LogP contribution in [0.3, 0.4) is 0 Å². The molecule has 0 aliphatic carbocycles. The molecule has 0 saturated heterocycles. The Morgan fingerprint density at radius 2 is 2.19 bits per heavy atom. The van der Waals surface area contributed by atoms with Crippen molar-refractivity contribution in [2.45, 2.75) is 6.92 Å². The molecule has 1 aromatic rings. The summed E-state index contributed by atoms with van der Waals surface area (Å²) in [5.41, 5.74) is 6.56. The molecule has 86 valence electrons. The van der Waals surface area contributed by atoms with Crippen LogP contribution >= 0.6 is 11.8 Å². The van der Waals surface area contributed by atoms with Gasteiger partial charge in [0.2, 0.25) is 0 Å². The average Bonchev–Trinajstić information content (AvgIpc) is 2.31. The number of rotatable bonds is 5. The van der Waals surface area contributed by atoms with Gasteiger partial charge in [-0.1, -0.05) is 17.7 Å². The number of ether oxygens (including phenoxy) is 1. The van der Waals surface area contributed by atoms with Crippen molar-refractivity contribution >= 4 is 29.0 Å².